The Balaban J connectivity index is 1.71. The Hall–Kier alpha value is -3.34. The van der Waals surface area contributed by atoms with Crippen LogP contribution in [0.25, 0.3) is 0 Å². The molecule has 4 aliphatic carbocycles. The topological polar surface area (TPSA) is 63.7 Å². The Morgan fingerprint density at radius 3 is 2.45 bits per heavy atom. The van der Waals surface area contributed by atoms with Gasteiger partial charge in [0.05, 0.1) is 5.41 Å². The lowest BCUT2D eigenvalue weighted by Crippen LogP contribution is -2.52. The van der Waals surface area contributed by atoms with Gasteiger partial charge in [0.1, 0.15) is 0 Å². The summed E-state index contributed by atoms with van der Waals surface area (Å²) in [4.78, 5) is 40.0. The molecule has 0 aliphatic heterocycles. The van der Waals surface area contributed by atoms with Gasteiger partial charge in [0.2, 0.25) is 0 Å². The van der Waals surface area contributed by atoms with E-state index in [9.17, 15) is 27.6 Å². The minimum absolute atomic E-state index is 0.0358. The third-order valence-electron chi connectivity index (χ3n) is 10.4. The maximum atomic E-state index is 13.9. The van der Waals surface area contributed by atoms with Gasteiger partial charge in [-0.25, -0.2) is 0 Å². The molecule has 0 bridgehead atoms. The first kappa shape index (κ1) is 30.1. The Morgan fingerprint density at radius 1 is 1.14 bits per heavy atom. The fraction of sp³-hybridized carbons (Fsp3) is 0.559. The van der Waals surface area contributed by atoms with E-state index in [1.54, 1.807) is 6.08 Å². The van der Waals surface area contributed by atoms with Crippen LogP contribution in [0.15, 0.2) is 47.1 Å². The molecule has 1 aromatic carbocycles. The van der Waals surface area contributed by atoms with Crippen molar-refractivity contribution in [3.8, 4) is 11.8 Å². The van der Waals surface area contributed by atoms with Crippen molar-refractivity contribution in [2.75, 3.05) is 25.6 Å². The highest BCUT2D eigenvalue weighted by molar-refractivity contribution is 5.93. The predicted molar refractivity (Wildman–Crippen MR) is 153 cm³/mol. The normalized spacial score (nSPS) is 32.1. The van der Waals surface area contributed by atoms with Crippen molar-refractivity contribution in [2.24, 2.45) is 28.6 Å². The number of hydrogen-bond donors (Lipinski definition) is 0. The number of allylic oxidation sites excluding steroid dienone is 4. The summed E-state index contributed by atoms with van der Waals surface area (Å²) in [5.74, 6) is 2.75. The number of nitrogens with zero attached hydrogens (tertiary/aromatic N) is 1. The molecule has 1 aromatic rings. The van der Waals surface area contributed by atoms with Gasteiger partial charge in [-0.2, -0.15) is 13.2 Å². The van der Waals surface area contributed by atoms with E-state index in [4.69, 9.17) is 4.74 Å². The predicted octanol–water partition coefficient (Wildman–Crippen LogP) is 6.58. The van der Waals surface area contributed by atoms with Crippen LogP contribution in [0.3, 0.4) is 0 Å². The lowest BCUT2D eigenvalue weighted by molar-refractivity contribution is -0.150. The average Bonchev–Trinajstić information content (AvgIpc) is 3.23. The molecule has 2 fully saturated rings. The lowest BCUT2D eigenvalue weighted by Gasteiger charge is -2.55. The molecule has 8 heteroatoms. The largest absolute Gasteiger partial charge is 0.458 e. The van der Waals surface area contributed by atoms with Crippen molar-refractivity contribution >= 4 is 23.2 Å². The lowest BCUT2D eigenvalue weighted by atomic mass is 9.47. The first-order valence-electron chi connectivity index (χ1n) is 14.7. The van der Waals surface area contributed by atoms with Gasteiger partial charge in [-0.15, -0.1) is 0 Å². The quantitative estimate of drug-likeness (QED) is 0.290. The number of esters is 1. The first-order chi connectivity index (χ1) is 19.7. The number of halogens is 3. The van der Waals surface area contributed by atoms with E-state index in [0.717, 1.165) is 23.2 Å². The summed E-state index contributed by atoms with van der Waals surface area (Å²) in [5, 5.41) is 0. The van der Waals surface area contributed by atoms with Crippen LogP contribution in [-0.4, -0.2) is 44.4 Å². The molecule has 0 heterocycles. The van der Waals surface area contributed by atoms with E-state index in [1.807, 2.05) is 38.1 Å². The Kier molecular flexibility index (Phi) is 7.70. The summed E-state index contributed by atoms with van der Waals surface area (Å²) in [6.45, 7) is 4.63. The molecule has 0 amide bonds. The second-order valence-electron chi connectivity index (χ2n) is 12.9. The fourth-order valence-corrected chi connectivity index (χ4v) is 8.48. The number of Topliss-reactive ketones (excluding diaryl/α,β-unsaturated/α-hetero) is 1. The molecule has 2 saturated carbocycles. The minimum Gasteiger partial charge on any atom is -0.458 e. The Morgan fingerprint density at radius 2 is 1.83 bits per heavy atom. The highest BCUT2D eigenvalue weighted by atomic mass is 19.4. The Labute approximate surface area is 245 Å². The van der Waals surface area contributed by atoms with Crippen LogP contribution in [-0.2, 0) is 19.1 Å². The average molecular weight is 582 g/mol. The maximum absolute atomic E-state index is 13.9. The second kappa shape index (κ2) is 10.7. The number of ether oxygens (including phenoxy) is 1. The van der Waals surface area contributed by atoms with Crippen LogP contribution in [0, 0.1) is 40.4 Å². The number of carbonyl (C=O) groups is 3. The standard InChI is InChI=1S/C34H38F3NO4/c1-20-16-27-29-12-13-33(14-15-34(35,36)37,30(41)19-42-21(2)39)32(29,3)18-28(22-6-8-23(9-7-22)38(4)5)31(27)25-11-10-24(40)17-26(20)25/h6-9,17,20,27-29H,10-13,16,18-19H2,1-5H3/t20?,27-,28+,29-,32-,33+/m0/s1. The molecule has 1 unspecified atom stereocenters. The maximum Gasteiger partial charge on any atom is 0.457 e. The molecule has 0 saturated heterocycles. The van der Waals surface area contributed by atoms with Crippen molar-refractivity contribution in [1.29, 1.82) is 0 Å². The molecule has 6 atom stereocenters. The van der Waals surface area contributed by atoms with Gasteiger partial charge in [-0.05, 0) is 90.2 Å². The zero-order valence-corrected chi connectivity index (χ0v) is 24.9. The molecule has 224 valence electrons. The molecule has 42 heavy (non-hydrogen) atoms. The third kappa shape index (κ3) is 5.09. The fourth-order valence-electron chi connectivity index (χ4n) is 8.48. The highest BCUT2D eigenvalue weighted by Crippen LogP contribution is 2.70. The zero-order chi connectivity index (χ0) is 30.6. The van der Waals surface area contributed by atoms with Gasteiger partial charge in [0.15, 0.2) is 18.2 Å². The molecule has 5 nitrogen and oxygen atoms in total. The number of ketones is 2. The number of carbonyl (C=O) groups excluding carboxylic acids is 3. The van der Waals surface area contributed by atoms with Gasteiger partial charge in [0, 0.05) is 45.0 Å². The molecular weight excluding hydrogens is 543 g/mol. The number of hydrogen-bond acceptors (Lipinski definition) is 5. The van der Waals surface area contributed by atoms with E-state index in [-0.39, 0.29) is 35.9 Å². The van der Waals surface area contributed by atoms with Crippen LogP contribution in [0.4, 0.5) is 18.9 Å². The van der Waals surface area contributed by atoms with Crippen LogP contribution >= 0.6 is 0 Å². The molecular formula is C34H38F3NO4. The van der Waals surface area contributed by atoms with Gasteiger partial charge >= 0.3 is 12.1 Å². The summed E-state index contributed by atoms with van der Waals surface area (Å²) in [7, 11) is 3.92. The number of anilines is 1. The van der Waals surface area contributed by atoms with Crippen molar-refractivity contribution in [3.05, 3.63) is 52.6 Å². The number of rotatable bonds is 5. The molecule has 0 N–H and O–H groups in total. The van der Waals surface area contributed by atoms with E-state index in [1.165, 1.54) is 24.0 Å². The van der Waals surface area contributed by atoms with Crippen molar-refractivity contribution < 1.29 is 32.3 Å². The molecule has 4 aliphatic rings. The van der Waals surface area contributed by atoms with E-state index < -0.39 is 35.4 Å². The van der Waals surface area contributed by atoms with Gasteiger partial charge in [0.25, 0.3) is 0 Å². The smallest absolute Gasteiger partial charge is 0.457 e. The molecule has 0 spiro atoms. The highest BCUT2D eigenvalue weighted by Gasteiger charge is 2.66. The van der Waals surface area contributed by atoms with Crippen LogP contribution in [0.1, 0.15) is 70.8 Å². The number of benzene rings is 1. The zero-order valence-electron chi connectivity index (χ0n) is 24.9. The monoisotopic (exact) mass is 581 g/mol. The molecule has 0 radical (unpaired) electrons. The van der Waals surface area contributed by atoms with Crippen molar-refractivity contribution in [2.45, 2.75) is 71.4 Å². The van der Waals surface area contributed by atoms with Gasteiger partial charge in [-0.3, -0.25) is 14.4 Å². The first-order valence-corrected chi connectivity index (χ1v) is 14.7. The number of alkyl halides is 3. The summed E-state index contributed by atoms with van der Waals surface area (Å²) >= 11 is 0. The summed E-state index contributed by atoms with van der Waals surface area (Å²) in [5.41, 5.74) is 3.14. The third-order valence-corrected chi connectivity index (χ3v) is 10.4. The summed E-state index contributed by atoms with van der Waals surface area (Å²) in [6, 6.07) is 8.21. The van der Waals surface area contributed by atoms with E-state index in [2.05, 4.69) is 25.0 Å². The van der Waals surface area contributed by atoms with Crippen molar-refractivity contribution in [3.63, 3.8) is 0 Å². The Bertz CT molecular complexity index is 1430. The molecule has 5 rings (SSSR count). The van der Waals surface area contributed by atoms with E-state index >= 15 is 0 Å². The van der Waals surface area contributed by atoms with Crippen LogP contribution in [0.2, 0.25) is 0 Å². The SMILES string of the molecule is CC(=O)OCC(=O)[C@]1(C#CC(F)(F)F)CC[C@H]2[C@@H]3CC(C)C4=CC(=O)CCC4=C3[C@@H](c3ccc(N(C)C)cc3)C[C@@]21C. The molecule has 0 aromatic heterocycles. The van der Waals surface area contributed by atoms with Crippen molar-refractivity contribution in [1.82, 2.24) is 0 Å². The minimum atomic E-state index is -4.76. The van der Waals surface area contributed by atoms with Crippen LogP contribution in [0.5, 0.6) is 0 Å². The second-order valence-corrected chi connectivity index (χ2v) is 12.9. The van der Waals surface area contributed by atoms with Crippen LogP contribution < -0.4 is 4.90 Å². The van der Waals surface area contributed by atoms with Gasteiger partial charge < -0.3 is 9.64 Å². The van der Waals surface area contributed by atoms with Gasteiger partial charge in [-0.1, -0.05) is 37.5 Å². The summed E-state index contributed by atoms with van der Waals surface area (Å²) in [6.07, 6.45) is 0.0429. The number of fused-ring (bicyclic) bond motifs is 4. The van der Waals surface area contributed by atoms with E-state index in [0.29, 0.717) is 25.7 Å². The summed E-state index contributed by atoms with van der Waals surface area (Å²) < 4.78 is 45.8.